The highest BCUT2D eigenvalue weighted by Gasteiger charge is 2.34. The van der Waals surface area contributed by atoms with Crippen molar-refractivity contribution in [3.63, 3.8) is 0 Å². The number of hydrogen-bond donors (Lipinski definition) is 1. The van der Waals surface area contributed by atoms with E-state index in [0.29, 0.717) is 11.7 Å². The van der Waals surface area contributed by atoms with Gasteiger partial charge in [0.05, 0.1) is 5.69 Å². The molecule has 2 aromatic carbocycles. The maximum atomic E-state index is 12.8. The maximum absolute atomic E-state index is 12.8. The van der Waals surface area contributed by atoms with Gasteiger partial charge in [-0.3, -0.25) is 9.59 Å². The summed E-state index contributed by atoms with van der Waals surface area (Å²) in [5.41, 5.74) is 2.96. The van der Waals surface area contributed by atoms with E-state index in [4.69, 9.17) is 0 Å². The largest absolute Gasteiger partial charge is 0.312 e. The molecule has 1 saturated heterocycles. The molecular formula is C20H19N3O2S. The van der Waals surface area contributed by atoms with Crippen LogP contribution in [0.15, 0.2) is 59.6 Å². The Morgan fingerprint density at radius 2 is 1.92 bits per heavy atom. The fourth-order valence-corrected chi connectivity index (χ4v) is 4.25. The summed E-state index contributed by atoms with van der Waals surface area (Å²) in [6, 6.07) is 17.5. The number of rotatable bonds is 3. The summed E-state index contributed by atoms with van der Waals surface area (Å²) >= 11 is 1.33. The summed E-state index contributed by atoms with van der Waals surface area (Å²) in [6.45, 7) is 0.708. The van der Waals surface area contributed by atoms with Gasteiger partial charge in [0.25, 0.3) is 0 Å². The number of carbonyl (C=O) groups excluding carboxylic acids is 2. The lowest BCUT2D eigenvalue weighted by molar-refractivity contribution is -0.123. The van der Waals surface area contributed by atoms with Crippen molar-refractivity contribution in [2.24, 2.45) is 4.99 Å². The SMILES string of the molecule is O=C1NC(=Nc2ccccc2)SC1CC(=O)N1CCCc2ccccc21. The van der Waals surface area contributed by atoms with Gasteiger partial charge in [0.1, 0.15) is 5.25 Å². The second kappa shape index (κ2) is 7.33. The van der Waals surface area contributed by atoms with Gasteiger partial charge in [-0.25, -0.2) is 4.99 Å². The lowest BCUT2D eigenvalue weighted by atomic mass is 10.0. The van der Waals surface area contributed by atoms with Crippen LogP contribution < -0.4 is 10.2 Å². The van der Waals surface area contributed by atoms with Gasteiger partial charge in [0.2, 0.25) is 11.8 Å². The van der Waals surface area contributed by atoms with Crippen LogP contribution in [0.1, 0.15) is 18.4 Å². The standard InChI is InChI=1S/C20H19N3O2S/c24-18(23-12-6-8-14-7-4-5-11-16(14)23)13-17-19(25)22-20(26-17)21-15-9-2-1-3-10-15/h1-5,7,9-11,17H,6,8,12-13H2,(H,21,22,25). The number of nitrogens with one attached hydrogen (secondary N) is 1. The van der Waals surface area contributed by atoms with Crippen molar-refractivity contribution in [3.8, 4) is 0 Å². The van der Waals surface area contributed by atoms with Gasteiger partial charge in [-0.15, -0.1) is 0 Å². The zero-order valence-corrected chi connectivity index (χ0v) is 15.0. The molecule has 1 atom stereocenters. The smallest absolute Gasteiger partial charge is 0.240 e. The van der Waals surface area contributed by atoms with Gasteiger partial charge in [-0.2, -0.15) is 0 Å². The third-order valence-electron chi connectivity index (χ3n) is 4.53. The van der Waals surface area contributed by atoms with Crippen molar-refractivity contribution in [1.82, 2.24) is 5.32 Å². The third-order valence-corrected chi connectivity index (χ3v) is 5.62. The Labute approximate surface area is 156 Å². The Bertz CT molecular complexity index is 866. The number of amidine groups is 1. The molecule has 2 aliphatic rings. The summed E-state index contributed by atoms with van der Waals surface area (Å²) in [5, 5.41) is 2.91. The highest BCUT2D eigenvalue weighted by atomic mass is 32.2. The molecule has 1 unspecified atom stereocenters. The Morgan fingerprint density at radius 3 is 2.77 bits per heavy atom. The predicted octanol–water partition coefficient (Wildman–Crippen LogP) is 3.28. The van der Waals surface area contributed by atoms with Crippen LogP contribution in [0.2, 0.25) is 0 Å². The van der Waals surface area contributed by atoms with Gasteiger partial charge in [-0.05, 0) is 36.6 Å². The first-order valence-corrected chi connectivity index (χ1v) is 9.58. The van der Waals surface area contributed by atoms with E-state index in [1.54, 1.807) is 0 Å². The number of anilines is 1. The van der Waals surface area contributed by atoms with Crippen LogP contribution in [0.3, 0.4) is 0 Å². The van der Waals surface area contributed by atoms with E-state index in [-0.39, 0.29) is 18.2 Å². The number of fused-ring (bicyclic) bond motifs is 1. The van der Waals surface area contributed by atoms with E-state index in [1.165, 1.54) is 17.3 Å². The average Bonchev–Trinajstić information content (AvgIpc) is 3.01. The first-order chi connectivity index (χ1) is 12.7. The molecule has 26 heavy (non-hydrogen) atoms. The zero-order valence-electron chi connectivity index (χ0n) is 14.2. The summed E-state index contributed by atoms with van der Waals surface area (Å²) < 4.78 is 0. The Kier molecular flexibility index (Phi) is 4.75. The molecule has 0 spiro atoms. The van der Waals surface area contributed by atoms with Crippen molar-refractivity contribution < 1.29 is 9.59 Å². The van der Waals surface area contributed by atoms with Gasteiger partial charge < -0.3 is 10.2 Å². The molecule has 0 saturated carbocycles. The molecule has 2 heterocycles. The number of nitrogens with zero attached hydrogens (tertiary/aromatic N) is 2. The number of para-hydroxylation sites is 2. The van der Waals surface area contributed by atoms with Crippen LogP contribution >= 0.6 is 11.8 Å². The Balaban J connectivity index is 1.46. The molecule has 1 fully saturated rings. The maximum Gasteiger partial charge on any atom is 0.240 e. The summed E-state index contributed by atoms with van der Waals surface area (Å²) in [7, 11) is 0. The lowest BCUT2D eigenvalue weighted by Crippen LogP contribution is -2.38. The van der Waals surface area contributed by atoms with E-state index in [9.17, 15) is 9.59 Å². The van der Waals surface area contributed by atoms with E-state index in [0.717, 1.165) is 24.2 Å². The normalized spacial score (nSPS) is 20.8. The summed E-state index contributed by atoms with van der Waals surface area (Å²) in [4.78, 5) is 31.3. The average molecular weight is 365 g/mol. The number of benzene rings is 2. The molecule has 2 amide bonds. The van der Waals surface area contributed by atoms with E-state index >= 15 is 0 Å². The summed E-state index contributed by atoms with van der Waals surface area (Å²) in [5.74, 6) is -0.158. The first kappa shape index (κ1) is 16.8. The third kappa shape index (κ3) is 3.51. The van der Waals surface area contributed by atoms with Gasteiger partial charge in [0.15, 0.2) is 5.17 Å². The number of aliphatic imine (C=N–C) groups is 1. The molecule has 2 aliphatic heterocycles. The Hall–Kier alpha value is -2.60. The second-order valence-corrected chi connectivity index (χ2v) is 7.52. The lowest BCUT2D eigenvalue weighted by Gasteiger charge is -2.29. The van der Waals surface area contributed by atoms with E-state index in [1.807, 2.05) is 53.4 Å². The highest BCUT2D eigenvalue weighted by molar-refractivity contribution is 8.15. The van der Waals surface area contributed by atoms with Gasteiger partial charge in [0, 0.05) is 18.7 Å². The van der Waals surface area contributed by atoms with Crippen LogP contribution in [0.25, 0.3) is 0 Å². The minimum atomic E-state index is -0.431. The molecule has 6 heteroatoms. The number of hydrogen-bond acceptors (Lipinski definition) is 4. The summed E-state index contributed by atoms with van der Waals surface area (Å²) in [6.07, 6.45) is 2.12. The minimum Gasteiger partial charge on any atom is -0.312 e. The molecule has 0 aliphatic carbocycles. The number of carbonyl (C=O) groups is 2. The van der Waals surface area contributed by atoms with E-state index in [2.05, 4.69) is 16.4 Å². The monoisotopic (exact) mass is 365 g/mol. The van der Waals surface area contributed by atoms with Crippen LogP contribution in [0, 0.1) is 0 Å². The van der Waals surface area contributed by atoms with Crippen molar-refractivity contribution >= 4 is 40.1 Å². The van der Waals surface area contributed by atoms with Gasteiger partial charge >= 0.3 is 0 Å². The topological polar surface area (TPSA) is 61.8 Å². The molecule has 5 nitrogen and oxygen atoms in total. The van der Waals surface area contributed by atoms with Crippen LogP contribution in [0.4, 0.5) is 11.4 Å². The zero-order chi connectivity index (χ0) is 17.9. The molecule has 1 N–H and O–H groups in total. The second-order valence-electron chi connectivity index (χ2n) is 6.33. The molecule has 132 valence electrons. The van der Waals surface area contributed by atoms with Crippen molar-refractivity contribution in [2.75, 3.05) is 11.4 Å². The van der Waals surface area contributed by atoms with Crippen molar-refractivity contribution in [2.45, 2.75) is 24.5 Å². The number of amides is 2. The van der Waals surface area contributed by atoms with Crippen LogP contribution in [0.5, 0.6) is 0 Å². The van der Waals surface area contributed by atoms with Crippen molar-refractivity contribution in [1.29, 1.82) is 0 Å². The molecule has 0 bridgehead atoms. The molecule has 0 radical (unpaired) electrons. The molecular weight excluding hydrogens is 346 g/mol. The molecule has 0 aromatic heterocycles. The molecule has 2 aromatic rings. The minimum absolute atomic E-state index is 0.00855. The van der Waals surface area contributed by atoms with Crippen LogP contribution in [-0.4, -0.2) is 28.8 Å². The molecule has 4 rings (SSSR count). The highest BCUT2D eigenvalue weighted by Crippen LogP contribution is 2.30. The number of aryl methyl sites for hydroxylation is 1. The van der Waals surface area contributed by atoms with E-state index < -0.39 is 5.25 Å². The van der Waals surface area contributed by atoms with Crippen LogP contribution in [-0.2, 0) is 16.0 Å². The van der Waals surface area contributed by atoms with Gasteiger partial charge in [-0.1, -0.05) is 48.2 Å². The number of thioether (sulfide) groups is 1. The fourth-order valence-electron chi connectivity index (χ4n) is 3.27. The predicted molar refractivity (Wildman–Crippen MR) is 105 cm³/mol. The quantitative estimate of drug-likeness (QED) is 0.908. The van der Waals surface area contributed by atoms with Crippen molar-refractivity contribution in [3.05, 3.63) is 60.2 Å². The first-order valence-electron chi connectivity index (χ1n) is 8.70. The Morgan fingerprint density at radius 1 is 1.15 bits per heavy atom. The fraction of sp³-hybridized carbons (Fsp3) is 0.250.